The number of carboxylic acid groups (broad SMARTS) is 1. The van der Waals surface area contributed by atoms with Crippen LogP contribution in [0.25, 0.3) is 0 Å². The maximum Gasteiger partial charge on any atom is 0.141 e. The highest BCUT2D eigenvalue weighted by Gasteiger charge is 2.27. The predicted molar refractivity (Wildman–Crippen MR) is 62.8 cm³/mol. The van der Waals surface area contributed by atoms with Gasteiger partial charge in [0.15, 0.2) is 0 Å². The molecular formula is C13H14ClO3-. The molecule has 0 N–H and O–H groups in total. The van der Waals surface area contributed by atoms with Crippen molar-refractivity contribution in [1.29, 1.82) is 0 Å². The highest BCUT2D eigenvalue weighted by atomic mass is 35.5. The Hall–Kier alpha value is -1.22. The summed E-state index contributed by atoms with van der Waals surface area (Å²) in [4.78, 5) is 11.1. The van der Waals surface area contributed by atoms with Gasteiger partial charge in [0.05, 0.1) is 5.97 Å². The lowest BCUT2D eigenvalue weighted by atomic mass is 10.0. The number of aliphatic carboxylic acids is 1. The summed E-state index contributed by atoms with van der Waals surface area (Å²) in [5.74, 6) is -0.543. The molecule has 0 amide bonds. The van der Waals surface area contributed by atoms with E-state index in [0.717, 1.165) is 25.7 Å². The lowest BCUT2D eigenvalue weighted by Crippen LogP contribution is -2.43. The van der Waals surface area contributed by atoms with E-state index in [1.807, 2.05) is 0 Å². The third kappa shape index (κ3) is 3.13. The minimum Gasteiger partial charge on any atom is -0.546 e. The van der Waals surface area contributed by atoms with Crippen molar-refractivity contribution in [3.63, 3.8) is 0 Å². The lowest BCUT2D eigenvalue weighted by Gasteiger charge is -2.25. The summed E-state index contributed by atoms with van der Waals surface area (Å²) >= 11 is 5.75. The van der Waals surface area contributed by atoms with Crippen LogP contribution >= 0.6 is 11.6 Å². The maximum atomic E-state index is 11.1. The topological polar surface area (TPSA) is 49.4 Å². The van der Waals surface area contributed by atoms with Crippen LogP contribution in [0, 0.1) is 5.92 Å². The normalized spacial score (nSPS) is 17.9. The third-order valence-corrected chi connectivity index (χ3v) is 3.39. The minimum atomic E-state index is -1.13. The van der Waals surface area contributed by atoms with Crippen LogP contribution in [-0.2, 0) is 4.79 Å². The standard InChI is InChI=1S/C13H15ClO3/c14-10-5-7-11(8-6-10)17-12(13(15)16)9-3-1-2-4-9/h5-9,12H,1-4H2,(H,15,16)/p-1. The molecule has 0 heterocycles. The van der Waals surface area contributed by atoms with Crippen LogP contribution in [0.1, 0.15) is 25.7 Å². The van der Waals surface area contributed by atoms with Crippen LogP contribution in [0.15, 0.2) is 24.3 Å². The summed E-state index contributed by atoms with van der Waals surface area (Å²) in [6, 6.07) is 6.70. The molecule has 0 bridgehead atoms. The molecular weight excluding hydrogens is 240 g/mol. The summed E-state index contributed by atoms with van der Waals surface area (Å²) in [5.41, 5.74) is 0. The van der Waals surface area contributed by atoms with E-state index in [0.29, 0.717) is 10.8 Å². The maximum absolute atomic E-state index is 11.1. The van der Waals surface area contributed by atoms with Gasteiger partial charge in [-0.1, -0.05) is 24.4 Å². The highest BCUT2D eigenvalue weighted by Crippen LogP contribution is 2.30. The number of carbonyl (C=O) groups is 1. The Balaban J connectivity index is 2.06. The van der Waals surface area contributed by atoms with Crippen LogP contribution in [0.4, 0.5) is 0 Å². The van der Waals surface area contributed by atoms with E-state index in [1.165, 1.54) is 0 Å². The second-order valence-electron chi connectivity index (χ2n) is 4.36. The van der Waals surface area contributed by atoms with Crippen molar-refractivity contribution in [2.75, 3.05) is 0 Å². The largest absolute Gasteiger partial charge is 0.546 e. The van der Waals surface area contributed by atoms with Gasteiger partial charge in [0.2, 0.25) is 0 Å². The molecule has 0 spiro atoms. The Morgan fingerprint density at radius 3 is 2.41 bits per heavy atom. The summed E-state index contributed by atoms with van der Waals surface area (Å²) in [7, 11) is 0. The van der Waals surface area contributed by atoms with Crippen molar-refractivity contribution in [2.45, 2.75) is 31.8 Å². The average Bonchev–Trinajstić information content (AvgIpc) is 2.81. The van der Waals surface area contributed by atoms with E-state index in [-0.39, 0.29) is 5.92 Å². The van der Waals surface area contributed by atoms with E-state index < -0.39 is 12.1 Å². The Morgan fingerprint density at radius 1 is 1.29 bits per heavy atom. The first-order valence-electron chi connectivity index (χ1n) is 5.80. The van der Waals surface area contributed by atoms with E-state index >= 15 is 0 Å². The van der Waals surface area contributed by atoms with Gasteiger partial charge in [0.1, 0.15) is 11.9 Å². The van der Waals surface area contributed by atoms with Crippen LogP contribution in [0.5, 0.6) is 5.75 Å². The Labute approximate surface area is 105 Å². The lowest BCUT2D eigenvalue weighted by molar-refractivity contribution is -0.315. The molecule has 1 aromatic rings. The Kier molecular flexibility index (Phi) is 3.89. The number of hydrogen-bond acceptors (Lipinski definition) is 3. The Morgan fingerprint density at radius 2 is 1.88 bits per heavy atom. The van der Waals surface area contributed by atoms with Crippen molar-refractivity contribution < 1.29 is 14.6 Å². The zero-order valence-corrected chi connectivity index (χ0v) is 10.2. The molecule has 1 atom stereocenters. The van der Waals surface area contributed by atoms with Gasteiger partial charge in [0.25, 0.3) is 0 Å². The molecule has 0 radical (unpaired) electrons. The molecule has 1 aromatic carbocycles. The zero-order valence-electron chi connectivity index (χ0n) is 9.40. The number of ether oxygens (including phenoxy) is 1. The first-order chi connectivity index (χ1) is 8.16. The van der Waals surface area contributed by atoms with Gasteiger partial charge in [-0.05, 0) is 37.1 Å². The van der Waals surface area contributed by atoms with Crippen molar-refractivity contribution >= 4 is 17.6 Å². The first kappa shape index (κ1) is 12.2. The summed E-state index contributed by atoms with van der Waals surface area (Å²) < 4.78 is 5.49. The summed E-state index contributed by atoms with van der Waals surface area (Å²) in [6.45, 7) is 0. The van der Waals surface area contributed by atoms with Crippen molar-refractivity contribution in [1.82, 2.24) is 0 Å². The van der Waals surface area contributed by atoms with E-state index in [4.69, 9.17) is 16.3 Å². The van der Waals surface area contributed by atoms with Gasteiger partial charge in [0, 0.05) is 10.9 Å². The first-order valence-corrected chi connectivity index (χ1v) is 6.17. The van der Waals surface area contributed by atoms with Crippen LogP contribution in [-0.4, -0.2) is 12.1 Å². The fourth-order valence-corrected chi connectivity index (χ4v) is 2.38. The van der Waals surface area contributed by atoms with Crippen molar-refractivity contribution in [3.05, 3.63) is 29.3 Å². The van der Waals surface area contributed by atoms with Gasteiger partial charge in [-0.2, -0.15) is 0 Å². The quantitative estimate of drug-likeness (QED) is 0.825. The summed E-state index contributed by atoms with van der Waals surface area (Å²) in [5, 5.41) is 11.7. The van der Waals surface area contributed by atoms with E-state index in [2.05, 4.69) is 0 Å². The van der Waals surface area contributed by atoms with Gasteiger partial charge < -0.3 is 14.6 Å². The van der Waals surface area contributed by atoms with E-state index in [1.54, 1.807) is 24.3 Å². The number of rotatable bonds is 4. The molecule has 1 aliphatic rings. The molecule has 1 saturated carbocycles. The molecule has 0 aliphatic heterocycles. The van der Waals surface area contributed by atoms with Crippen molar-refractivity contribution in [3.8, 4) is 5.75 Å². The Bertz CT molecular complexity index is 382. The number of benzene rings is 1. The summed E-state index contributed by atoms with van der Waals surface area (Å²) in [6.07, 6.45) is 3.08. The van der Waals surface area contributed by atoms with Crippen LogP contribution in [0.2, 0.25) is 5.02 Å². The molecule has 17 heavy (non-hydrogen) atoms. The number of hydrogen-bond donors (Lipinski definition) is 0. The minimum absolute atomic E-state index is 0.0654. The second-order valence-corrected chi connectivity index (χ2v) is 4.79. The second kappa shape index (κ2) is 5.41. The third-order valence-electron chi connectivity index (χ3n) is 3.14. The van der Waals surface area contributed by atoms with Gasteiger partial charge >= 0.3 is 0 Å². The van der Waals surface area contributed by atoms with Crippen LogP contribution < -0.4 is 9.84 Å². The highest BCUT2D eigenvalue weighted by molar-refractivity contribution is 6.30. The number of carbonyl (C=O) groups excluding carboxylic acids is 1. The monoisotopic (exact) mass is 253 g/mol. The number of carboxylic acids is 1. The van der Waals surface area contributed by atoms with Gasteiger partial charge in [-0.25, -0.2) is 0 Å². The van der Waals surface area contributed by atoms with Gasteiger partial charge in [-0.15, -0.1) is 0 Å². The van der Waals surface area contributed by atoms with Gasteiger partial charge in [-0.3, -0.25) is 0 Å². The smallest absolute Gasteiger partial charge is 0.141 e. The molecule has 0 saturated heterocycles. The molecule has 0 aromatic heterocycles. The molecule has 2 rings (SSSR count). The zero-order chi connectivity index (χ0) is 12.3. The average molecular weight is 254 g/mol. The van der Waals surface area contributed by atoms with E-state index in [9.17, 15) is 9.90 Å². The molecule has 92 valence electrons. The fraction of sp³-hybridized carbons (Fsp3) is 0.462. The molecule has 1 unspecified atom stereocenters. The molecule has 4 heteroatoms. The molecule has 1 fully saturated rings. The molecule has 3 nitrogen and oxygen atoms in total. The van der Waals surface area contributed by atoms with Crippen molar-refractivity contribution in [2.24, 2.45) is 5.92 Å². The number of halogens is 1. The van der Waals surface area contributed by atoms with Crippen LogP contribution in [0.3, 0.4) is 0 Å². The molecule has 1 aliphatic carbocycles. The predicted octanol–water partition coefficient (Wildman–Crippen LogP) is 2.03. The fourth-order valence-electron chi connectivity index (χ4n) is 2.26. The SMILES string of the molecule is O=C([O-])C(Oc1ccc(Cl)cc1)C1CCCC1.